The molecule has 0 saturated heterocycles. The van der Waals surface area contributed by atoms with Crippen LogP contribution in [0.4, 0.5) is 19.0 Å². The minimum atomic E-state index is -4.64. The first-order valence-corrected chi connectivity index (χ1v) is 14.9. The largest absolute Gasteiger partial charge is 0.417 e. The number of alkyl halides is 3. The quantitative estimate of drug-likeness (QED) is 0.315. The number of fused-ring (bicyclic) bond motifs is 1. The smallest absolute Gasteiger partial charge is 0.393 e. The number of pyridine rings is 1. The molecule has 6 rings (SSSR count). The number of nitrogens with zero attached hydrogens (tertiary/aromatic N) is 6. The summed E-state index contributed by atoms with van der Waals surface area (Å²) in [4.78, 5) is 38.4. The first kappa shape index (κ1) is 30.0. The molecule has 14 heteroatoms. The Labute approximate surface area is 258 Å². The van der Waals surface area contributed by atoms with Crippen molar-refractivity contribution >= 4 is 27.7 Å². The van der Waals surface area contributed by atoms with Gasteiger partial charge in [-0.05, 0) is 76.4 Å². The highest BCUT2D eigenvalue weighted by molar-refractivity contribution is 9.10. The highest BCUT2D eigenvalue weighted by atomic mass is 79.9. The summed E-state index contributed by atoms with van der Waals surface area (Å²) in [5.41, 5.74) is 1.26. The third-order valence-electron chi connectivity index (χ3n) is 8.05. The van der Waals surface area contributed by atoms with Gasteiger partial charge in [-0.3, -0.25) is 9.59 Å². The molecule has 4 aromatic rings. The number of hydrogen-bond donors (Lipinski definition) is 2. The van der Waals surface area contributed by atoms with Crippen LogP contribution in [0.5, 0.6) is 0 Å². The van der Waals surface area contributed by atoms with Crippen LogP contribution in [0.2, 0.25) is 0 Å². The molecular weight excluding hydrogens is 643 g/mol. The maximum absolute atomic E-state index is 14.1. The molecule has 0 spiro atoms. The highest BCUT2D eigenvalue weighted by Crippen LogP contribution is 2.36. The molecule has 230 valence electrons. The van der Waals surface area contributed by atoms with Crippen molar-refractivity contribution in [1.29, 1.82) is 0 Å². The SMILES string of the molecule is Cc1cc(C)n(-c2nc3c(c(=O)n2-c2ccc(N[C@H]4C[C@H](O)C4)nc2)C[C@@H](C)N(C(=O)c2ccc(Br)c(C(F)(F)F)c2)C3)n1. The number of halogens is 4. The van der Waals surface area contributed by atoms with Crippen molar-refractivity contribution in [2.75, 3.05) is 5.32 Å². The molecule has 1 aliphatic heterocycles. The van der Waals surface area contributed by atoms with Crippen LogP contribution >= 0.6 is 15.9 Å². The van der Waals surface area contributed by atoms with E-state index in [9.17, 15) is 27.9 Å². The number of aryl methyl sites for hydroxylation is 2. The zero-order valence-corrected chi connectivity index (χ0v) is 25.6. The van der Waals surface area contributed by atoms with Crippen LogP contribution in [-0.2, 0) is 19.1 Å². The summed E-state index contributed by atoms with van der Waals surface area (Å²) < 4.78 is 43.5. The second-order valence-corrected chi connectivity index (χ2v) is 12.2. The fourth-order valence-corrected chi connectivity index (χ4v) is 6.16. The van der Waals surface area contributed by atoms with E-state index in [0.717, 1.165) is 11.8 Å². The fourth-order valence-electron chi connectivity index (χ4n) is 5.68. The average Bonchev–Trinajstić information content (AvgIpc) is 3.29. The van der Waals surface area contributed by atoms with Gasteiger partial charge in [0.25, 0.3) is 11.5 Å². The van der Waals surface area contributed by atoms with Crippen molar-refractivity contribution in [1.82, 2.24) is 29.2 Å². The second kappa shape index (κ2) is 11.1. The van der Waals surface area contributed by atoms with E-state index in [1.807, 2.05) is 19.9 Å². The maximum Gasteiger partial charge on any atom is 0.417 e. The zero-order chi connectivity index (χ0) is 31.5. The lowest BCUT2D eigenvalue weighted by molar-refractivity contribution is -0.138. The van der Waals surface area contributed by atoms with Crippen molar-refractivity contribution in [2.45, 2.75) is 70.9 Å². The molecule has 10 nitrogen and oxygen atoms in total. The van der Waals surface area contributed by atoms with E-state index < -0.39 is 23.7 Å². The molecular formula is C30H29BrF3N7O3. The molecule has 44 heavy (non-hydrogen) atoms. The van der Waals surface area contributed by atoms with Crippen molar-refractivity contribution in [3.05, 3.63) is 91.2 Å². The van der Waals surface area contributed by atoms with Crippen LogP contribution in [-0.4, -0.2) is 58.4 Å². The molecule has 4 heterocycles. The van der Waals surface area contributed by atoms with Gasteiger partial charge in [0.2, 0.25) is 5.95 Å². The van der Waals surface area contributed by atoms with E-state index >= 15 is 0 Å². The summed E-state index contributed by atoms with van der Waals surface area (Å²) in [5, 5.41) is 17.4. The Morgan fingerprint density at radius 3 is 2.50 bits per heavy atom. The number of aliphatic hydroxyl groups is 1. The summed E-state index contributed by atoms with van der Waals surface area (Å²) in [6, 6.07) is 8.38. The van der Waals surface area contributed by atoms with Crippen LogP contribution in [0.3, 0.4) is 0 Å². The Hall–Kier alpha value is -4.04. The Balaban J connectivity index is 1.39. The van der Waals surface area contributed by atoms with E-state index in [-0.39, 0.29) is 46.7 Å². The minimum absolute atomic E-state index is 0.0660. The van der Waals surface area contributed by atoms with Gasteiger partial charge >= 0.3 is 6.18 Å². The summed E-state index contributed by atoms with van der Waals surface area (Å²) in [6.07, 6.45) is -1.94. The molecule has 1 saturated carbocycles. The third-order valence-corrected chi connectivity index (χ3v) is 8.74. The zero-order valence-electron chi connectivity index (χ0n) is 24.1. The average molecular weight is 673 g/mol. The van der Waals surface area contributed by atoms with Crippen LogP contribution in [0.15, 0.2) is 51.9 Å². The number of nitrogens with one attached hydrogen (secondary N) is 1. The number of hydrogen-bond acceptors (Lipinski definition) is 7. The summed E-state index contributed by atoms with van der Waals surface area (Å²) in [6.45, 7) is 5.34. The standard InChI is InChI=1S/C30H29BrF3N7O3/c1-15-8-17(3)41(38-15)29-37-25-14-39(27(43)18-4-6-24(31)23(10-18)30(32,33)34)16(2)9-22(25)28(44)40(29)20-5-7-26(35-13-20)36-19-11-21(42)12-19/h4-8,10,13,16,19,21,42H,9,11-12,14H2,1-3H3,(H,35,36)/t16-,19-,21-/m1/s1. The molecule has 1 amide bonds. The molecule has 0 radical (unpaired) electrons. The second-order valence-electron chi connectivity index (χ2n) is 11.4. The highest BCUT2D eigenvalue weighted by Gasteiger charge is 2.36. The lowest BCUT2D eigenvalue weighted by atomic mass is 9.89. The van der Waals surface area contributed by atoms with Crippen LogP contribution in [0, 0.1) is 13.8 Å². The molecule has 1 atom stereocenters. The number of carbonyl (C=O) groups is 1. The Bertz CT molecular complexity index is 1810. The molecule has 1 aliphatic carbocycles. The number of benzene rings is 1. The fraction of sp³-hybridized carbons (Fsp3) is 0.367. The van der Waals surface area contributed by atoms with Crippen LogP contribution in [0.1, 0.15) is 58.3 Å². The van der Waals surface area contributed by atoms with Gasteiger partial charge < -0.3 is 15.3 Å². The van der Waals surface area contributed by atoms with Gasteiger partial charge in [-0.2, -0.15) is 18.3 Å². The minimum Gasteiger partial charge on any atom is -0.393 e. The van der Waals surface area contributed by atoms with E-state index in [1.165, 1.54) is 21.6 Å². The van der Waals surface area contributed by atoms with E-state index in [0.29, 0.717) is 41.3 Å². The van der Waals surface area contributed by atoms with Crippen molar-refractivity contribution in [3.8, 4) is 11.6 Å². The number of carbonyl (C=O) groups excluding carboxylic acids is 1. The molecule has 0 unspecified atom stereocenters. The van der Waals surface area contributed by atoms with Gasteiger partial charge in [0.05, 0.1) is 41.5 Å². The molecule has 2 N–H and O–H groups in total. The Morgan fingerprint density at radius 1 is 1.14 bits per heavy atom. The lowest BCUT2D eigenvalue weighted by Gasteiger charge is -2.34. The van der Waals surface area contributed by atoms with Crippen LogP contribution < -0.4 is 10.9 Å². The lowest BCUT2D eigenvalue weighted by Crippen LogP contribution is -2.46. The predicted molar refractivity (Wildman–Crippen MR) is 159 cm³/mol. The topological polar surface area (TPSA) is 118 Å². The summed E-state index contributed by atoms with van der Waals surface area (Å²) >= 11 is 2.92. The van der Waals surface area contributed by atoms with E-state index in [1.54, 1.807) is 29.9 Å². The number of anilines is 1. The predicted octanol–water partition coefficient (Wildman–Crippen LogP) is 4.73. The first-order valence-electron chi connectivity index (χ1n) is 14.1. The number of amides is 1. The molecule has 2 aliphatic rings. The summed E-state index contributed by atoms with van der Waals surface area (Å²) in [5.74, 6) is 0.224. The first-order chi connectivity index (χ1) is 20.8. The molecule has 1 fully saturated rings. The van der Waals surface area contributed by atoms with Gasteiger partial charge in [-0.1, -0.05) is 15.9 Å². The van der Waals surface area contributed by atoms with Gasteiger partial charge in [0.15, 0.2) is 0 Å². The maximum atomic E-state index is 14.1. The number of aliphatic hydroxyl groups excluding tert-OH is 1. The van der Waals surface area contributed by atoms with Crippen molar-refractivity contribution < 1.29 is 23.1 Å². The summed E-state index contributed by atoms with van der Waals surface area (Å²) in [7, 11) is 0. The van der Waals surface area contributed by atoms with Crippen LogP contribution in [0.25, 0.3) is 11.6 Å². The number of rotatable bonds is 5. The monoisotopic (exact) mass is 671 g/mol. The van der Waals surface area contributed by atoms with Crippen molar-refractivity contribution in [3.63, 3.8) is 0 Å². The van der Waals surface area contributed by atoms with Gasteiger partial charge in [0.1, 0.15) is 5.82 Å². The Morgan fingerprint density at radius 2 is 1.89 bits per heavy atom. The van der Waals surface area contributed by atoms with E-state index in [2.05, 4.69) is 31.3 Å². The van der Waals surface area contributed by atoms with Gasteiger partial charge in [-0.15, -0.1) is 0 Å². The number of aromatic nitrogens is 5. The molecule has 0 bridgehead atoms. The normalized spacial score (nSPS) is 19.8. The van der Waals surface area contributed by atoms with E-state index in [4.69, 9.17) is 4.98 Å². The Kier molecular flexibility index (Phi) is 7.60. The van der Waals surface area contributed by atoms with Crippen molar-refractivity contribution in [2.24, 2.45) is 0 Å². The molecule has 3 aromatic heterocycles. The van der Waals surface area contributed by atoms with Gasteiger partial charge in [0, 0.05) is 33.4 Å². The van der Waals surface area contributed by atoms with Gasteiger partial charge in [-0.25, -0.2) is 19.2 Å². The molecule has 1 aromatic carbocycles. The third kappa shape index (κ3) is 5.52.